The van der Waals surface area contributed by atoms with Crippen molar-refractivity contribution in [3.8, 4) is 0 Å². The average Bonchev–Trinajstić information content (AvgIpc) is 2.65. The van der Waals surface area contributed by atoms with E-state index < -0.39 is 11.5 Å². The third-order valence-electron chi connectivity index (χ3n) is 4.76. The van der Waals surface area contributed by atoms with Crippen molar-refractivity contribution in [2.24, 2.45) is 0 Å². The number of amides is 2. The zero-order valence-corrected chi connectivity index (χ0v) is 16.1. The van der Waals surface area contributed by atoms with Gasteiger partial charge >= 0.3 is 5.97 Å². The maximum atomic E-state index is 12.4. The lowest BCUT2D eigenvalue weighted by molar-refractivity contribution is -0.137. The average molecular weight is 375 g/mol. The van der Waals surface area contributed by atoms with E-state index in [4.69, 9.17) is 5.11 Å². The van der Waals surface area contributed by atoms with Crippen molar-refractivity contribution in [1.29, 1.82) is 0 Å². The topological polar surface area (TPSA) is 89.9 Å². The van der Waals surface area contributed by atoms with Crippen molar-refractivity contribution in [3.05, 3.63) is 30.3 Å². The van der Waals surface area contributed by atoms with Gasteiger partial charge in [-0.15, -0.1) is 0 Å². The van der Waals surface area contributed by atoms with E-state index in [1.54, 1.807) is 13.8 Å². The molecule has 1 aliphatic heterocycles. The Morgan fingerprint density at radius 3 is 2.22 bits per heavy atom. The summed E-state index contributed by atoms with van der Waals surface area (Å²) < 4.78 is 0. The zero-order chi connectivity index (χ0) is 19.9. The van der Waals surface area contributed by atoms with Gasteiger partial charge in [0, 0.05) is 56.7 Å². The molecule has 1 heterocycles. The Morgan fingerprint density at radius 2 is 1.63 bits per heavy atom. The molecule has 1 fully saturated rings. The predicted octanol–water partition coefficient (Wildman–Crippen LogP) is 1.87. The number of carbonyl (C=O) groups is 3. The van der Waals surface area contributed by atoms with Crippen LogP contribution in [-0.2, 0) is 14.4 Å². The number of nitrogens with zero attached hydrogens (tertiary/aromatic N) is 2. The van der Waals surface area contributed by atoms with Crippen LogP contribution >= 0.6 is 0 Å². The minimum Gasteiger partial charge on any atom is -0.481 e. The van der Waals surface area contributed by atoms with Gasteiger partial charge in [0.15, 0.2) is 0 Å². The van der Waals surface area contributed by atoms with Crippen LogP contribution in [0.5, 0.6) is 0 Å². The molecule has 0 unspecified atom stereocenters. The smallest absolute Gasteiger partial charge is 0.303 e. The van der Waals surface area contributed by atoms with Crippen LogP contribution in [-0.4, -0.2) is 59.5 Å². The Hall–Kier alpha value is -2.57. The fourth-order valence-electron chi connectivity index (χ4n) is 3.15. The van der Waals surface area contributed by atoms with E-state index in [1.807, 2.05) is 23.1 Å². The third kappa shape index (κ3) is 6.92. The Labute approximate surface area is 160 Å². The molecule has 1 aromatic rings. The number of aliphatic carboxylic acids is 1. The number of rotatable bonds is 8. The van der Waals surface area contributed by atoms with Gasteiger partial charge in [0.05, 0.1) is 0 Å². The molecule has 0 aromatic heterocycles. The SMILES string of the molecule is CC(C)(CCC(=O)O)NC(=O)CCC(=O)N1CCN(c2ccccc2)CC1. The maximum Gasteiger partial charge on any atom is 0.303 e. The van der Waals surface area contributed by atoms with Crippen LogP contribution in [0, 0.1) is 0 Å². The van der Waals surface area contributed by atoms with Crippen LogP contribution in [0.25, 0.3) is 0 Å². The first-order valence-corrected chi connectivity index (χ1v) is 9.37. The number of carboxylic acids is 1. The molecular weight excluding hydrogens is 346 g/mol. The van der Waals surface area contributed by atoms with E-state index in [9.17, 15) is 14.4 Å². The van der Waals surface area contributed by atoms with E-state index >= 15 is 0 Å². The van der Waals surface area contributed by atoms with Gasteiger partial charge in [0.25, 0.3) is 0 Å². The summed E-state index contributed by atoms with van der Waals surface area (Å²) in [5.41, 5.74) is 0.562. The van der Waals surface area contributed by atoms with Crippen LogP contribution in [0.1, 0.15) is 39.5 Å². The summed E-state index contributed by atoms with van der Waals surface area (Å²) >= 11 is 0. The minimum atomic E-state index is -0.887. The molecule has 1 aromatic carbocycles. The Kier molecular flexibility index (Phi) is 7.21. The molecule has 148 valence electrons. The summed E-state index contributed by atoms with van der Waals surface area (Å²) in [4.78, 5) is 39.2. The second-order valence-electron chi connectivity index (χ2n) is 7.53. The molecule has 0 bridgehead atoms. The summed E-state index contributed by atoms with van der Waals surface area (Å²) in [6.45, 7) is 6.45. The molecule has 0 atom stereocenters. The molecule has 0 spiro atoms. The lowest BCUT2D eigenvalue weighted by Gasteiger charge is -2.36. The molecule has 0 saturated carbocycles. The highest BCUT2D eigenvalue weighted by Gasteiger charge is 2.24. The monoisotopic (exact) mass is 375 g/mol. The van der Waals surface area contributed by atoms with Gasteiger partial charge in [-0.2, -0.15) is 0 Å². The maximum absolute atomic E-state index is 12.4. The molecule has 1 aliphatic rings. The highest BCUT2D eigenvalue weighted by molar-refractivity contribution is 5.84. The lowest BCUT2D eigenvalue weighted by atomic mass is 9.98. The van der Waals surface area contributed by atoms with E-state index in [0.717, 1.165) is 18.8 Å². The molecule has 1 saturated heterocycles. The summed E-state index contributed by atoms with van der Waals surface area (Å²) in [6, 6.07) is 10.1. The van der Waals surface area contributed by atoms with Crippen LogP contribution in [0.2, 0.25) is 0 Å². The van der Waals surface area contributed by atoms with Gasteiger partial charge in [-0.3, -0.25) is 14.4 Å². The fourth-order valence-corrected chi connectivity index (χ4v) is 3.15. The Bertz CT molecular complexity index is 652. The molecule has 7 heteroatoms. The van der Waals surface area contributed by atoms with Crippen molar-refractivity contribution in [2.45, 2.75) is 45.1 Å². The molecule has 2 rings (SSSR count). The van der Waals surface area contributed by atoms with Crippen LogP contribution in [0.3, 0.4) is 0 Å². The fraction of sp³-hybridized carbons (Fsp3) is 0.550. The predicted molar refractivity (Wildman–Crippen MR) is 104 cm³/mol. The number of para-hydroxylation sites is 1. The van der Waals surface area contributed by atoms with Crippen molar-refractivity contribution in [3.63, 3.8) is 0 Å². The molecule has 2 amide bonds. The standard InChI is InChI=1S/C20H29N3O4/c1-20(2,11-10-19(26)27)21-17(24)8-9-18(25)23-14-12-22(13-15-23)16-6-4-3-5-7-16/h3-7H,8-15H2,1-2H3,(H,21,24)(H,26,27). The normalized spacial score (nSPS) is 14.7. The van der Waals surface area contributed by atoms with Crippen molar-refractivity contribution < 1.29 is 19.5 Å². The van der Waals surface area contributed by atoms with Crippen molar-refractivity contribution in [2.75, 3.05) is 31.1 Å². The number of nitrogens with one attached hydrogen (secondary N) is 1. The van der Waals surface area contributed by atoms with Gasteiger partial charge in [-0.05, 0) is 32.4 Å². The van der Waals surface area contributed by atoms with Crippen LogP contribution in [0.4, 0.5) is 5.69 Å². The second-order valence-corrected chi connectivity index (χ2v) is 7.53. The largest absolute Gasteiger partial charge is 0.481 e. The molecular formula is C20H29N3O4. The third-order valence-corrected chi connectivity index (χ3v) is 4.76. The minimum absolute atomic E-state index is 0.00208. The second kappa shape index (κ2) is 9.39. The van der Waals surface area contributed by atoms with E-state index in [1.165, 1.54) is 0 Å². The quantitative estimate of drug-likeness (QED) is 0.724. The zero-order valence-electron chi connectivity index (χ0n) is 16.1. The number of piperazine rings is 1. The van der Waals surface area contributed by atoms with Gasteiger partial charge in [0.1, 0.15) is 0 Å². The molecule has 27 heavy (non-hydrogen) atoms. The lowest BCUT2D eigenvalue weighted by Crippen LogP contribution is -2.49. The van der Waals surface area contributed by atoms with Crippen LogP contribution < -0.4 is 10.2 Å². The van der Waals surface area contributed by atoms with E-state index in [0.29, 0.717) is 19.5 Å². The summed E-state index contributed by atoms with van der Waals surface area (Å²) in [5.74, 6) is -1.12. The highest BCUT2D eigenvalue weighted by Crippen LogP contribution is 2.16. The number of hydrogen-bond acceptors (Lipinski definition) is 4. The van der Waals surface area contributed by atoms with Crippen LogP contribution in [0.15, 0.2) is 30.3 Å². The summed E-state index contributed by atoms with van der Waals surface area (Å²) in [6.07, 6.45) is 0.641. The van der Waals surface area contributed by atoms with E-state index in [2.05, 4.69) is 22.3 Å². The molecule has 2 N–H and O–H groups in total. The number of carbonyl (C=O) groups excluding carboxylic acids is 2. The summed E-state index contributed by atoms with van der Waals surface area (Å²) in [7, 11) is 0. The first kappa shape index (κ1) is 20.7. The molecule has 7 nitrogen and oxygen atoms in total. The van der Waals surface area contributed by atoms with Crippen molar-refractivity contribution >= 4 is 23.5 Å². The van der Waals surface area contributed by atoms with Gasteiger partial charge in [-0.1, -0.05) is 18.2 Å². The number of anilines is 1. The van der Waals surface area contributed by atoms with Gasteiger partial charge in [-0.25, -0.2) is 0 Å². The first-order valence-electron chi connectivity index (χ1n) is 9.37. The summed E-state index contributed by atoms with van der Waals surface area (Å²) in [5, 5.41) is 11.6. The first-order chi connectivity index (χ1) is 12.8. The number of benzene rings is 1. The highest BCUT2D eigenvalue weighted by atomic mass is 16.4. The number of hydrogen-bond donors (Lipinski definition) is 2. The van der Waals surface area contributed by atoms with Gasteiger partial charge in [0.2, 0.25) is 11.8 Å². The van der Waals surface area contributed by atoms with E-state index in [-0.39, 0.29) is 31.1 Å². The van der Waals surface area contributed by atoms with Gasteiger partial charge < -0.3 is 20.2 Å². The Balaban J connectivity index is 1.71. The number of carboxylic acid groups (broad SMARTS) is 1. The Morgan fingerprint density at radius 1 is 1.00 bits per heavy atom. The molecule has 0 radical (unpaired) electrons. The molecule has 0 aliphatic carbocycles. The van der Waals surface area contributed by atoms with Crippen molar-refractivity contribution in [1.82, 2.24) is 10.2 Å².